The molecular formula is C27H23Cl2N3O3S3. The summed E-state index contributed by atoms with van der Waals surface area (Å²) in [5.41, 5.74) is 2.25. The van der Waals surface area contributed by atoms with E-state index in [9.17, 15) is 9.59 Å². The van der Waals surface area contributed by atoms with Crippen molar-refractivity contribution >= 4 is 90.2 Å². The molecule has 0 atom stereocenters. The van der Waals surface area contributed by atoms with Crippen LogP contribution in [0.3, 0.4) is 0 Å². The molecule has 1 saturated heterocycles. The molecule has 1 fully saturated rings. The second-order valence-electron chi connectivity index (χ2n) is 8.69. The third-order valence-electron chi connectivity index (χ3n) is 6.40. The lowest BCUT2D eigenvalue weighted by atomic mass is 10.0. The van der Waals surface area contributed by atoms with Crippen LogP contribution in [0.15, 0.2) is 48.5 Å². The summed E-state index contributed by atoms with van der Waals surface area (Å²) < 4.78 is 6.00. The van der Waals surface area contributed by atoms with E-state index in [0.717, 1.165) is 26.1 Å². The number of hydrogen-bond donors (Lipinski definition) is 1. The van der Waals surface area contributed by atoms with Gasteiger partial charge in [-0.2, -0.15) is 0 Å². The molecule has 1 N–H and O–H groups in total. The fourth-order valence-electron chi connectivity index (χ4n) is 4.49. The highest BCUT2D eigenvalue weighted by molar-refractivity contribution is 7.80. The van der Waals surface area contributed by atoms with Crippen molar-refractivity contribution < 1.29 is 14.3 Å². The summed E-state index contributed by atoms with van der Waals surface area (Å²) in [6.45, 7) is 4.07. The van der Waals surface area contributed by atoms with Crippen LogP contribution in [-0.4, -0.2) is 60.1 Å². The molecule has 1 aliphatic heterocycles. The number of halogens is 2. The molecule has 2 aromatic heterocycles. The lowest BCUT2D eigenvalue weighted by molar-refractivity contribution is 0.0602. The topological polar surface area (TPSA) is 61.9 Å². The van der Waals surface area contributed by atoms with E-state index in [1.54, 1.807) is 11.0 Å². The number of carbonyl (C=O) groups is 2. The predicted molar refractivity (Wildman–Crippen MR) is 161 cm³/mol. The minimum absolute atomic E-state index is 0.0970. The number of amides is 1. The highest BCUT2D eigenvalue weighted by Crippen LogP contribution is 2.41. The summed E-state index contributed by atoms with van der Waals surface area (Å²) in [6, 6.07) is 15.2. The Bertz CT molecular complexity index is 1540. The van der Waals surface area contributed by atoms with E-state index >= 15 is 0 Å². The van der Waals surface area contributed by atoms with Crippen molar-refractivity contribution in [1.82, 2.24) is 9.80 Å². The normalized spacial score (nSPS) is 13.6. The highest BCUT2D eigenvalue weighted by Gasteiger charge is 2.29. The zero-order valence-electron chi connectivity index (χ0n) is 20.5. The smallest absolute Gasteiger partial charge is 0.341 e. The molecular weight excluding hydrogens is 581 g/mol. The number of esters is 1. The fourth-order valence-corrected chi connectivity index (χ4v) is 7.66. The second kappa shape index (κ2) is 11.2. The summed E-state index contributed by atoms with van der Waals surface area (Å²) >= 11 is 21.2. The van der Waals surface area contributed by atoms with Crippen LogP contribution in [0.25, 0.3) is 21.2 Å². The molecule has 0 unspecified atom stereocenters. The number of ether oxygens (including phenoxy) is 1. The third-order valence-corrected chi connectivity index (χ3v) is 9.66. The van der Waals surface area contributed by atoms with Gasteiger partial charge in [0.05, 0.1) is 12.1 Å². The monoisotopic (exact) mass is 603 g/mol. The van der Waals surface area contributed by atoms with Crippen molar-refractivity contribution in [1.29, 1.82) is 0 Å². The van der Waals surface area contributed by atoms with E-state index < -0.39 is 5.97 Å². The Morgan fingerprint density at radius 1 is 1.00 bits per heavy atom. The molecule has 1 amide bonds. The highest BCUT2D eigenvalue weighted by atomic mass is 35.5. The summed E-state index contributed by atoms with van der Waals surface area (Å²) in [5, 5.41) is 6.32. The zero-order chi connectivity index (χ0) is 27.0. The Balaban J connectivity index is 1.29. The average molecular weight is 605 g/mol. The molecule has 6 nitrogen and oxygen atoms in total. The maximum absolute atomic E-state index is 13.3. The van der Waals surface area contributed by atoms with E-state index in [4.69, 9.17) is 40.2 Å². The summed E-state index contributed by atoms with van der Waals surface area (Å²) in [4.78, 5) is 31.4. The minimum atomic E-state index is -0.421. The molecule has 0 aliphatic carbocycles. The standard InChI is InChI=1S/C27H23Cl2N3O3S3/c1-15-20(16-6-4-3-5-7-16)21(26(34)35-2)24(37-15)30-27(36)32-12-10-31(11-13-32)25(33)23-22(29)18-9-8-17(28)14-19(18)38-23/h3-9,14H,10-13H2,1-2H3,(H,30,36). The predicted octanol–water partition coefficient (Wildman–Crippen LogP) is 7.19. The molecule has 0 bridgehead atoms. The number of methoxy groups -OCH3 is 1. The Morgan fingerprint density at radius 3 is 2.37 bits per heavy atom. The first-order valence-electron chi connectivity index (χ1n) is 11.8. The first kappa shape index (κ1) is 26.9. The largest absolute Gasteiger partial charge is 0.465 e. The molecule has 1 aliphatic rings. The summed E-state index contributed by atoms with van der Waals surface area (Å²) in [6.07, 6.45) is 0. The van der Waals surface area contributed by atoms with E-state index in [1.165, 1.54) is 29.8 Å². The molecule has 5 rings (SSSR count). The van der Waals surface area contributed by atoms with Gasteiger partial charge in [-0.1, -0.05) is 59.6 Å². The van der Waals surface area contributed by atoms with Crippen LogP contribution in [0.2, 0.25) is 10.0 Å². The second-order valence-corrected chi connectivity index (χ2v) is 12.2. The van der Waals surface area contributed by atoms with Crippen LogP contribution in [0.1, 0.15) is 24.9 Å². The van der Waals surface area contributed by atoms with Gasteiger partial charge in [0.15, 0.2) is 5.11 Å². The number of hydrogen-bond acceptors (Lipinski definition) is 6. The third kappa shape index (κ3) is 5.13. The first-order valence-corrected chi connectivity index (χ1v) is 14.6. The maximum atomic E-state index is 13.3. The molecule has 3 heterocycles. The van der Waals surface area contributed by atoms with Gasteiger partial charge in [0.1, 0.15) is 15.4 Å². The van der Waals surface area contributed by atoms with Crippen LogP contribution in [-0.2, 0) is 4.74 Å². The van der Waals surface area contributed by atoms with E-state index in [1.807, 2.05) is 54.3 Å². The molecule has 2 aromatic carbocycles. The number of piperazine rings is 1. The van der Waals surface area contributed by atoms with Gasteiger partial charge >= 0.3 is 5.97 Å². The lowest BCUT2D eigenvalue weighted by Crippen LogP contribution is -2.51. The molecule has 0 saturated carbocycles. The van der Waals surface area contributed by atoms with Gasteiger partial charge in [0.2, 0.25) is 0 Å². The van der Waals surface area contributed by atoms with Crippen LogP contribution >= 0.6 is 58.1 Å². The lowest BCUT2D eigenvalue weighted by Gasteiger charge is -2.36. The van der Waals surface area contributed by atoms with Crippen molar-refractivity contribution in [2.24, 2.45) is 0 Å². The van der Waals surface area contributed by atoms with Crippen LogP contribution in [0.5, 0.6) is 0 Å². The molecule has 196 valence electrons. The molecule has 0 spiro atoms. The molecule has 38 heavy (non-hydrogen) atoms. The van der Waals surface area contributed by atoms with Gasteiger partial charge in [-0.05, 0) is 36.8 Å². The van der Waals surface area contributed by atoms with E-state index in [2.05, 4.69) is 5.32 Å². The van der Waals surface area contributed by atoms with Crippen molar-refractivity contribution in [2.75, 3.05) is 38.6 Å². The van der Waals surface area contributed by atoms with Gasteiger partial charge in [-0.3, -0.25) is 4.79 Å². The Labute approximate surface area is 243 Å². The zero-order valence-corrected chi connectivity index (χ0v) is 24.5. The van der Waals surface area contributed by atoms with Gasteiger partial charge in [0, 0.05) is 51.7 Å². The Hall–Kier alpha value is -2.69. The van der Waals surface area contributed by atoms with Crippen molar-refractivity contribution in [3.8, 4) is 11.1 Å². The first-order chi connectivity index (χ1) is 18.3. The maximum Gasteiger partial charge on any atom is 0.341 e. The fraction of sp³-hybridized carbons (Fsp3) is 0.222. The number of anilines is 1. The quantitative estimate of drug-likeness (QED) is 0.197. The molecule has 11 heteroatoms. The van der Waals surface area contributed by atoms with Gasteiger partial charge in [-0.25, -0.2) is 4.79 Å². The minimum Gasteiger partial charge on any atom is -0.465 e. The average Bonchev–Trinajstić information content (AvgIpc) is 3.43. The van der Waals surface area contributed by atoms with E-state index in [0.29, 0.717) is 56.8 Å². The van der Waals surface area contributed by atoms with Crippen molar-refractivity contribution in [3.05, 3.63) is 73.9 Å². The number of benzene rings is 2. The number of nitrogens with one attached hydrogen (secondary N) is 1. The number of fused-ring (bicyclic) bond motifs is 1. The van der Waals surface area contributed by atoms with Crippen LogP contribution < -0.4 is 5.32 Å². The summed E-state index contributed by atoms with van der Waals surface area (Å²) in [7, 11) is 1.37. The van der Waals surface area contributed by atoms with Crippen molar-refractivity contribution in [2.45, 2.75) is 6.92 Å². The number of carbonyl (C=O) groups excluding carboxylic acids is 2. The molecule has 0 radical (unpaired) electrons. The number of aryl methyl sites for hydroxylation is 1. The van der Waals surface area contributed by atoms with Crippen molar-refractivity contribution in [3.63, 3.8) is 0 Å². The van der Waals surface area contributed by atoms with Crippen LogP contribution in [0, 0.1) is 6.92 Å². The summed E-state index contributed by atoms with van der Waals surface area (Å²) in [5.74, 6) is -0.518. The number of thiophene rings is 2. The van der Waals surface area contributed by atoms with Gasteiger partial charge in [0.25, 0.3) is 5.91 Å². The Morgan fingerprint density at radius 2 is 1.68 bits per heavy atom. The van der Waals surface area contributed by atoms with Gasteiger partial charge < -0.3 is 19.9 Å². The SMILES string of the molecule is COC(=O)c1c(NC(=S)N2CCN(C(=O)c3sc4cc(Cl)ccc4c3Cl)CC2)sc(C)c1-c1ccccc1. The number of thiocarbonyl (C=S) groups is 1. The Kier molecular flexibility index (Phi) is 7.93. The molecule has 4 aromatic rings. The van der Waals surface area contributed by atoms with E-state index in [-0.39, 0.29) is 5.91 Å². The number of rotatable bonds is 4. The van der Waals surface area contributed by atoms with Gasteiger partial charge in [-0.15, -0.1) is 22.7 Å². The number of nitrogens with zero attached hydrogens (tertiary/aromatic N) is 2. The van der Waals surface area contributed by atoms with Crippen LogP contribution in [0.4, 0.5) is 5.00 Å².